The molecule has 0 saturated heterocycles. The van der Waals surface area contributed by atoms with Gasteiger partial charge in [0.15, 0.2) is 0 Å². The third-order valence-electron chi connectivity index (χ3n) is 3.87. The van der Waals surface area contributed by atoms with Crippen LogP contribution in [0.5, 0.6) is 5.75 Å². The number of ether oxygens (including phenoxy) is 1. The van der Waals surface area contributed by atoms with E-state index >= 15 is 0 Å². The highest BCUT2D eigenvalue weighted by Gasteiger charge is 2.11. The smallest absolute Gasteiger partial charge is 0.270 e. The van der Waals surface area contributed by atoms with E-state index in [1.165, 1.54) is 11.3 Å². The Hall–Kier alpha value is -2.90. The Balaban J connectivity index is 1.48. The molecule has 0 aliphatic heterocycles. The Bertz CT molecular complexity index is 973. The third-order valence-corrected chi connectivity index (χ3v) is 4.95. The van der Waals surface area contributed by atoms with Crippen LogP contribution in [0.15, 0.2) is 53.9 Å². The highest BCUT2D eigenvalue weighted by molar-refractivity contribution is 7.09. The lowest BCUT2D eigenvalue weighted by Gasteiger charge is -2.05. The Morgan fingerprint density at radius 2 is 1.96 bits per heavy atom. The molecule has 0 aliphatic carbocycles. The van der Waals surface area contributed by atoms with E-state index in [9.17, 15) is 9.59 Å². The molecule has 3 rings (SSSR count). The highest BCUT2D eigenvalue weighted by atomic mass is 35.5. The van der Waals surface area contributed by atoms with Crippen LogP contribution in [-0.4, -0.2) is 23.3 Å². The molecule has 8 heteroatoms. The molecule has 0 atom stereocenters. The molecule has 2 amide bonds. The van der Waals surface area contributed by atoms with E-state index in [0.717, 1.165) is 5.56 Å². The minimum Gasteiger partial charge on any atom is -0.486 e. The number of primary amides is 1. The monoisotopic (exact) mass is 415 g/mol. The summed E-state index contributed by atoms with van der Waals surface area (Å²) in [7, 11) is 0. The van der Waals surface area contributed by atoms with Crippen molar-refractivity contribution in [3.8, 4) is 5.75 Å². The SMILES string of the molecule is NC(=O)c1cccc(CCNC(=O)c2csc(COc3ccc(Cl)cc3)n2)c1. The van der Waals surface area contributed by atoms with Crippen molar-refractivity contribution in [3.05, 3.63) is 80.8 Å². The van der Waals surface area contributed by atoms with Gasteiger partial charge in [-0.3, -0.25) is 9.59 Å². The molecule has 1 aromatic heterocycles. The second kappa shape index (κ2) is 9.34. The van der Waals surface area contributed by atoms with Crippen LogP contribution in [0.4, 0.5) is 0 Å². The number of halogens is 1. The molecule has 144 valence electrons. The predicted molar refractivity (Wildman–Crippen MR) is 109 cm³/mol. The van der Waals surface area contributed by atoms with Crippen molar-refractivity contribution in [2.75, 3.05) is 6.54 Å². The lowest BCUT2D eigenvalue weighted by atomic mass is 10.1. The van der Waals surface area contributed by atoms with Crippen LogP contribution < -0.4 is 15.8 Å². The average molecular weight is 416 g/mol. The zero-order chi connectivity index (χ0) is 19.9. The molecule has 3 N–H and O–H groups in total. The van der Waals surface area contributed by atoms with Crippen molar-refractivity contribution in [3.63, 3.8) is 0 Å². The average Bonchev–Trinajstić information content (AvgIpc) is 3.17. The first kappa shape index (κ1) is 19.9. The number of carbonyl (C=O) groups is 2. The molecule has 0 aliphatic rings. The minimum absolute atomic E-state index is 0.250. The van der Waals surface area contributed by atoms with E-state index in [2.05, 4.69) is 10.3 Å². The van der Waals surface area contributed by atoms with Crippen LogP contribution in [0.3, 0.4) is 0 Å². The van der Waals surface area contributed by atoms with E-state index in [1.54, 1.807) is 47.8 Å². The second-order valence-electron chi connectivity index (χ2n) is 5.94. The topological polar surface area (TPSA) is 94.3 Å². The van der Waals surface area contributed by atoms with E-state index < -0.39 is 5.91 Å². The van der Waals surface area contributed by atoms with Gasteiger partial charge in [-0.05, 0) is 48.4 Å². The number of carbonyl (C=O) groups excluding carboxylic acids is 2. The molecule has 2 aromatic carbocycles. The Morgan fingerprint density at radius 1 is 1.18 bits per heavy atom. The van der Waals surface area contributed by atoms with Crippen molar-refractivity contribution in [2.24, 2.45) is 5.73 Å². The summed E-state index contributed by atoms with van der Waals surface area (Å²) in [5, 5.41) is 5.86. The maximum atomic E-state index is 12.2. The summed E-state index contributed by atoms with van der Waals surface area (Å²) in [6.07, 6.45) is 0.587. The number of rotatable bonds is 8. The van der Waals surface area contributed by atoms with Gasteiger partial charge in [-0.2, -0.15) is 0 Å². The summed E-state index contributed by atoms with van der Waals surface area (Å²) in [6, 6.07) is 14.1. The van der Waals surface area contributed by atoms with Crippen molar-refractivity contribution in [1.82, 2.24) is 10.3 Å². The maximum Gasteiger partial charge on any atom is 0.270 e. The standard InChI is InChI=1S/C20H18ClN3O3S/c21-15-4-6-16(7-5-15)27-11-18-24-17(12-28-18)20(26)23-9-8-13-2-1-3-14(10-13)19(22)25/h1-7,10,12H,8-9,11H2,(H2,22,25)(H,23,26). The maximum absolute atomic E-state index is 12.2. The Kier molecular flexibility index (Phi) is 6.62. The molecule has 0 spiro atoms. The summed E-state index contributed by atoms with van der Waals surface area (Å²) in [4.78, 5) is 27.7. The first-order valence-corrected chi connectivity index (χ1v) is 9.77. The molecule has 0 saturated carbocycles. The number of thiazole rings is 1. The summed E-state index contributed by atoms with van der Waals surface area (Å²) in [6.45, 7) is 0.703. The molecule has 0 radical (unpaired) electrons. The van der Waals surface area contributed by atoms with Crippen molar-refractivity contribution >= 4 is 34.8 Å². The molecule has 3 aromatic rings. The summed E-state index contributed by atoms with van der Waals surface area (Å²) in [5.41, 5.74) is 7.00. The van der Waals surface area contributed by atoms with Crippen LogP contribution in [0.2, 0.25) is 5.02 Å². The van der Waals surface area contributed by atoms with Crippen molar-refractivity contribution in [2.45, 2.75) is 13.0 Å². The van der Waals surface area contributed by atoms with Gasteiger partial charge < -0.3 is 15.8 Å². The Morgan fingerprint density at radius 3 is 2.71 bits per heavy atom. The lowest BCUT2D eigenvalue weighted by Crippen LogP contribution is -2.26. The summed E-state index contributed by atoms with van der Waals surface area (Å²) < 4.78 is 5.63. The van der Waals surface area contributed by atoms with E-state index in [4.69, 9.17) is 22.1 Å². The fourth-order valence-corrected chi connectivity index (χ4v) is 3.26. The molecular weight excluding hydrogens is 398 g/mol. The molecule has 0 bridgehead atoms. The van der Waals surface area contributed by atoms with Crippen LogP contribution in [0.25, 0.3) is 0 Å². The van der Waals surface area contributed by atoms with Gasteiger partial charge in [-0.15, -0.1) is 11.3 Å². The fraction of sp³-hybridized carbons (Fsp3) is 0.150. The summed E-state index contributed by atoms with van der Waals surface area (Å²) >= 11 is 7.20. The predicted octanol–water partition coefficient (Wildman–Crippen LogP) is 3.45. The first-order valence-electron chi connectivity index (χ1n) is 8.51. The quantitative estimate of drug-likeness (QED) is 0.589. The van der Waals surface area contributed by atoms with Gasteiger partial charge >= 0.3 is 0 Å². The zero-order valence-corrected chi connectivity index (χ0v) is 16.4. The zero-order valence-electron chi connectivity index (χ0n) is 14.9. The van der Waals surface area contributed by atoms with Gasteiger partial charge in [0, 0.05) is 22.5 Å². The van der Waals surface area contributed by atoms with Crippen molar-refractivity contribution < 1.29 is 14.3 Å². The normalized spacial score (nSPS) is 10.5. The number of hydrogen-bond acceptors (Lipinski definition) is 5. The molecule has 6 nitrogen and oxygen atoms in total. The van der Waals surface area contributed by atoms with E-state index in [-0.39, 0.29) is 12.5 Å². The minimum atomic E-state index is -0.471. The third kappa shape index (κ3) is 5.55. The number of hydrogen-bond donors (Lipinski definition) is 2. The molecule has 0 unspecified atom stereocenters. The van der Waals surface area contributed by atoms with Gasteiger partial charge in [0.1, 0.15) is 23.1 Å². The van der Waals surface area contributed by atoms with E-state index in [1.807, 2.05) is 6.07 Å². The molecular formula is C20H18ClN3O3S. The number of nitrogens with two attached hydrogens (primary N) is 1. The summed E-state index contributed by atoms with van der Waals surface area (Å²) in [5.74, 6) is -0.0365. The van der Waals surface area contributed by atoms with Gasteiger partial charge in [0.25, 0.3) is 5.91 Å². The number of benzene rings is 2. The van der Waals surface area contributed by atoms with Crippen LogP contribution >= 0.6 is 22.9 Å². The largest absolute Gasteiger partial charge is 0.486 e. The highest BCUT2D eigenvalue weighted by Crippen LogP contribution is 2.18. The van der Waals surface area contributed by atoms with Crippen molar-refractivity contribution in [1.29, 1.82) is 0 Å². The molecule has 0 fully saturated rings. The van der Waals surface area contributed by atoms with Gasteiger partial charge in [-0.1, -0.05) is 23.7 Å². The van der Waals surface area contributed by atoms with Gasteiger partial charge in [0.2, 0.25) is 5.91 Å². The number of aromatic nitrogens is 1. The number of nitrogens with zero attached hydrogens (tertiary/aromatic N) is 1. The van der Waals surface area contributed by atoms with E-state index in [0.29, 0.717) is 40.0 Å². The molecule has 28 heavy (non-hydrogen) atoms. The number of amides is 2. The first-order chi connectivity index (χ1) is 13.5. The molecule has 1 heterocycles. The lowest BCUT2D eigenvalue weighted by molar-refractivity contribution is 0.0948. The van der Waals surface area contributed by atoms with Crippen LogP contribution in [-0.2, 0) is 13.0 Å². The van der Waals surface area contributed by atoms with Crippen LogP contribution in [0.1, 0.15) is 31.4 Å². The van der Waals surface area contributed by atoms with Gasteiger partial charge in [0.05, 0.1) is 0 Å². The Labute approximate surface area is 171 Å². The number of nitrogens with one attached hydrogen (secondary N) is 1. The second-order valence-corrected chi connectivity index (χ2v) is 7.32. The fourth-order valence-electron chi connectivity index (χ4n) is 2.45. The van der Waals surface area contributed by atoms with Gasteiger partial charge in [-0.25, -0.2) is 4.98 Å². The van der Waals surface area contributed by atoms with Crippen LogP contribution in [0, 0.1) is 0 Å².